The SMILES string of the molecule is NC(=O)c1c(NC(=O)COc2ccc(Cl)cc2Cl)sc2c1CCCCC2. The summed E-state index contributed by atoms with van der Waals surface area (Å²) in [5, 5.41) is 4.06. The highest BCUT2D eigenvalue weighted by atomic mass is 35.5. The number of carbonyl (C=O) groups excluding carboxylic acids is 2. The molecule has 0 fully saturated rings. The second-order valence-corrected chi connectivity index (χ2v) is 7.99. The number of nitrogens with one attached hydrogen (secondary N) is 1. The summed E-state index contributed by atoms with van der Waals surface area (Å²) in [6.07, 6.45) is 4.97. The molecule has 1 aliphatic rings. The molecule has 3 rings (SSSR count). The Morgan fingerprint density at radius 2 is 1.96 bits per heavy atom. The summed E-state index contributed by atoms with van der Waals surface area (Å²) in [6, 6.07) is 4.76. The molecule has 1 aromatic heterocycles. The van der Waals surface area contributed by atoms with Crippen LogP contribution < -0.4 is 15.8 Å². The van der Waals surface area contributed by atoms with Gasteiger partial charge in [0.25, 0.3) is 11.8 Å². The number of benzene rings is 1. The Morgan fingerprint density at radius 1 is 1.19 bits per heavy atom. The predicted molar refractivity (Wildman–Crippen MR) is 105 cm³/mol. The number of aryl methyl sites for hydroxylation is 1. The molecule has 0 atom stereocenters. The molecule has 3 N–H and O–H groups in total. The van der Waals surface area contributed by atoms with Gasteiger partial charge in [-0.1, -0.05) is 29.6 Å². The molecule has 8 heteroatoms. The summed E-state index contributed by atoms with van der Waals surface area (Å²) in [5.41, 5.74) is 6.98. The smallest absolute Gasteiger partial charge is 0.262 e. The number of halogens is 2. The third-order valence-corrected chi connectivity index (χ3v) is 5.91. The molecule has 0 saturated carbocycles. The zero-order chi connectivity index (χ0) is 18.7. The van der Waals surface area contributed by atoms with Gasteiger partial charge in [-0.05, 0) is 49.4 Å². The molecular weight excluding hydrogens is 395 g/mol. The van der Waals surface area contributed by atoms with E-state index in [9.17, 15) is 9.59 Å². The monoisotopic (exact) mass is 412 g/mol. The van der Waals surface area contributed by atoms with Gasteiger partial charge in [0.2, 0.25) is 0 Å². The van der Waals surface area contributed by atoms with E-state index in [4.69, 9.17) is 33.7 Å². The van der Waals surface area contributed by atoms with Gasteiger partial charge in [-0.25, -0.2) is 0 Å². The van der Waals surface area contributed by atoms with Crippen LogP contribution in [-0.4, -0.2) is 18.4 Å². The molecule has 0 radical (unpaired) electrons. The molecular formula is C18H18Cl2N2O3S. The standard InChI is InChI=1S/C18H18Cl2N2O3S/c19-10-6-7-13(12(20)8-10)25-9-15(23)22-18-16(17(21)24)11-4-2-1-3-5-14(11)26-18/h6-8H,1-5,9H2,(H2,21,24)(H,22,23). The molecule has 0 unspecified atom stereocenters. The molecule has 1 aromatic carbocycles. The summed E-state index contributed by atoms with van der Waals surface area (Å²) in [4.78, 5) is 25.3. The third-order valence-electron chi connectivity index (χ3n) is 4.17. The van der Waals surface area contributed by atoms with Gasteiger partial charge >= 0.3 is 0 Å². The highest BCUT2D eigenvalue weighted by Crippen LogP contribution is 2.37. The number of anilines is 1. The van der Waals surface area contributed by atoms with Crippen molar-refractivity contribution in [3.8, 4) is 5.75 Å². The van der Waals surface area contributed by atoms with Gasteiger partial charge < -0.3 is 15.8 Å². The van der Waals surface area contributed by atoms with Crippen molar-refractivity contribution in [1.82, 2.24) is 0 Å². The number of fused-ring (bicyclic) bond motifs is 1. The first-order chi connectivity index (χ1) is 12.5. The van der Waals surface area contributed by atoms with Crippen LogP contribution in [-0.2, 0) is 17.6 Å². The van der Waals surface area contributed by atoms with E-state index >= 15 is 0 Å². The van der Waals surface area contributed by atoms with Gasteiger partial charge in [-0.3, -0.25) is 9.59 Å². The van der Waals surface area contributed by atoms with Gasteiger partial charge in [0.05, 0.1) is 10.6 Å². The van der Waals surface area contributed by atoms with Crippen LogP contribution in [0.4, 0.5) is 5.00 Å². The average molecular weight is 413 g/mol. The summed E-state index contributed by atoms with van der Waals surface area (Å²) in [6.45, 7) is -0.234. The van der Waals surface area contributed by atoms with Gasteiger partial charge in [0, 0.05) is 9.90 Å². The Bertz CT molecular complexity index is 851. The summed E-state index contributed by atoms with van der Waals surface area (Å²) in [5.74, 6) is -0.528. The maximum Gasteiger partial charge on any atom is 0.262 e. The molecule has 26 heavy (non-hydrogen) atoms. The summed E-state index contributed by atoms with van der Waals surface area (Å²) in [7, 11) is 0. The molecule has 1 heterocycles. The first-order valence-corrected chi connectivity index (χ1v) is 9.85. The van der Waals surface area contributed by atoms with Crippen molar-refractivity contribution in [2.45, 2.75) is 32.1 Å². The average Bonchev–Trinajstić information content (AvgIpc) is 2.75. The van der Waals surface area contributed by atoms with Crippen molar-refractivity contribution < 1.29 is 14.3 Å². The number of amides is 2. The maximum absolute atomic E-state index is 12.3. The highest BCUT2D eigenvalue weighted by molar-refractivity contribution is 7.17. The van der Waals surface area contributed by atoms with E-state index in [0.717, 1.165) is 42.5 Å². The quantitative estimate of drug-likeness (QED) is 0.711. The lowest BCUT2D eigenvalue weighted by molar-refractivity contribution is -0.118. The Balaban J connectivity index is 1.72. The number of rotatable bonds is 5. The summed E-state index contributed by atoms with van der Waals surface area (Å²) < 4.78 is 5.43. The lowest BCUT2D eigenvalue weighted by Crippen LogP contribution is -2.22. The normalized spacial score (nSPS) is 13.6. The lowest BCUT2D eigenvalue weighted by atomic mass is 10.1. The fraction of sp³-hybridized carbons (Fsp3) is 0.333. The van der Waals surface area contributed by atoms with Crippen molar-refractivity contribution in [3.05, 3.63) is 44.2 Å². The number of ether oxygens (including phenoxy) is 1. The second-order valence-electron chi connectivity index (χ2n) is 6.04. The van der Waals surface area contributed by atoms with Gasteiger partial charge in [0.1, 0.15) is 10.8 Å². The molecule has 0 bridgehead atoms. The van der Waals surface area contributed by atoms with Gasteiger partial charge in [-0.2, -0.15) is 0 Å². The van der Waals surface area contributed by atoms with Crippen LogP contribution in [0.15, 0.2) is 18.2 Å². The number of hydrogen-bond donors (Lipinski definition) is 2. The lowest BCUT2D eigenvalue weighted by Gasteiger charge is -2.09. The maximum atomic E-state index is 12.3. The molecule has 0 aliphatic heterocycles. The van der Waals surface area contributed by atoms with Crippen LogP contribution in [0.1, 0.15) is 40.1 Å². The molecule has 138 valence electrons. The largest absolute Gasteiger partial charge is 0.482 e. The molecule has 0 spiro atoms. The minimum atomic E-state index is -0.513. The van der Waals surface area contributed by atoms with E-state index in [1.807, 2.05) is 0 Å². The van der Waals surface area contributed by atoms with Gasteiger partial charge in [-0.15, -0.1) is 11.3 Å². The first kappa shape index (κ1) is 19.0. The minimum Gasteiger partial charge on any atom is -0.482 e. The van der Waals surface area contributed by atoms with E-state index in [0.29, 0.717) is 26.4 Å². The van der Waals surface area contributed by atoms with Crippen LogP contribution in [0.25, 0.3) is 0 Å². The third kappa shape index (κ3) is 4.31. The van der Waals surface area contributed by atoms with E-state index in [1.165, 1.54) is 17.4 Å². The Hall–Kier alpha value is -1.76. The highest BCUT2D eigenvalue weighted by Gasteiger charge is 2.24. The van der Waals surface area contributed by atoms with Crippen molar-refractivity contribution in [3.63, 3.8) is 0 Å². The van der Waals surface area contributed by atoms with E-state index < -0.39 is 5.91 Å². The molecule has 0 saturated heterocycles. The minimum absolute atomic E-state index is 0.234. The van der Waals surface area contributed by atoms with Crippen molar-refractivity contribution in [1.29, 1.82) is 0 Å². The van der Waals surface area contributed by atoms with Crippen LogP contribution in [0.3, 0.4) is 0 Å². The Kier molecular flexibility index (Phi) is 6.06. The van der Waals surface area contributed by atoms with E-state index in [1.54, 1.807) is 12.1 Å². The van der Waals surface area contributed by atoms with Crippen LogP contribution in [0.5, 0.6) is 5.75 Å². The fourth-order valence-corrected chi connectivity index (χ4v) is 4.76. The molecule has 2 aromatic rings. The number of hydrogen-bond acceptors (Lipinski definition) is 4. The first-order valence-electron chi connectivity index (χ1n) is 8.27. The van der Waals surface area contributed by atoms with Crippen LogP contribution in [0, 0.1) is 0 Å². The van der Waals surface area contributed by atoms with E-state index in [2.05, 4.69) is 5.32 Å². The fourth-order valence-electron chi connectivity index (χ4n) is 2.99. The van der Waals surface area contributed by atoms with Gasteiger partial charge in [0.15, 0.2) is 6.61 Å². The summed E-state index contributed by atoms with van der Waals surface area (Å²) >= 11 is 13.3. The second kappa shape index (κ2) is 8.29. The van der Waals surface area contributed by atoms with Crippen molar-refractivity contribution >= 4 is 51.4 Å². The Morgan fingerprint density at radius 3 is 2.69 bits per heavy atom. The number of carbonyl (C=O) groups is 2. The molecule has 2 amide bonds. The van der Waals surface area contributed by atoms with Crippen molar-refractivity contribution in [2.75, 3.05) is 11.9 Å². The van der Waals surface area contributed by atoms with Crippen LogP contribution in [0.2, 0.25) is 10.0 Å². The topological polar surface area (TPSA) is 81.4 Å². The zero-order valence-corrected chi connectivity index (χ0v) is 16.3. The van der Waals surface area contributed by atoms with Crippen LogP contribution >= 0.6 is 34.5 Å². The molecule has 5 nitrogen and oxygen atoms in total. The number of nitrogens with two attached hydrogens (primary N) is 1. The predicted octanol–water partition coefficient (Wildman–Crippen LogP) is 4.44. The zero-order valence-electron chi connectivity index (χ0n) is 13.9. The van der Waals surface area contributed by atoms with E-state index in [-0.39, 0.29) is 12.5 Å². The number of primary amides is 1. The van der Waals surface area contributed by atoms with Crippen molar-refractivity contribution in [2.24, 2.45) is 5.73 Å². The Labute approximate surface area is 165 Å². The molecule has 1 aliphatic carbocycles. The number of thiophene rings is 1.